The molecule has 1 heterocycles. The summed E-state index contributed by atoms with van der Waals surface area (Å²) in [6.45, 7) is 10.7. The molecule has 0 atom stereocenters. The summed E-state index contributed by atoms with van der Waals surface area (Å²) in [5, 5.41) is 3.51. The van der Waals surface area contributed by atoms with Crippen molar-refractivity contribution in [3.63, 3.8) is 0 Å². The number of hydrogen-bond donors (Lipinski definition) is 1. The molecule has 0 radical (unpaired) electrons. The molecule has 0 saturated heterocycles. The lowest BCUT2D eigenvalue weighted by Crippen LogP contribution is -2.37. The summed E-state index contributed by atoms with van der Waals surface area (Å²) >= 11 is 0. The summed E-state index contributed by atoms with van der Waals surface area (Å²) in [6, 6.07) is 5.10. The third-order valence-electron chi connectivity index (χ3n) is 4.28. The van der Waals surface area contributed by atoms with Crippen molar-refractivity contribution >= 4 is 5.82 Å². The Morgan fingerprint density at radius 3 is 2.43 bits per heavy atom. The van der Waals surface area contributed by atoms with Gasteiger partial charge in [-0.25, -0.2) is 4.98 Å². The van der Waals surface area contributed by atoms with Crippen LogP contribution in [0.25, 0.3) is 0 Å². The van der Waals surface area contributed by atoms with Gasteiger partial charge in [0.05, 0.1) is 0 Å². The maximum Gasteiger partial charge on any atom is 0.128 e. The van der Waals surface area contributed by atoms with Crippen molar-refractivity contribution in [3.05, 3.63) is 23.9 Å². The molecule has 21 heavy (non-hydrogen) atoms. The third-order valence-corrected chi connectivity index (χ3v) is 4.28. The summed E-state index contributed by atoms with van der Waals surface area (Å²) in [6.07, 6.45) is 8.81. The van der Waals surface area contributed by atoms with Crippen LogP contribution < -0.4 is 10.2 Å². The van der Waals surface area contributed by atoms with Gasteiger partial charge in [-0.1, -0.05) is 25.3 Å². The Morgan fingerprint density at radius 2 is 1.90 bits per heavy atom. The Kier molecular flexibility index (Phi) is 5.63. The quantitative estimate of drug-likeness (QED) is 0.883. The topological polar surface area (TPSA) is 28.2 Å². The van der Waals surface area contributed by atoms with E-state index in [1.165, 1.54) is 37.7 Å². The van der Waals surface area contributed by atoms with Crippen molar-refractivity contribution in [2.24, 2.45) is 0 Å². The van der Waals surface area contributed by atoms with E-state index in [4.69, 9.17) is 4.98 Å². The largest absolute Gasteiger partial charge is 0.354 e. The van der Waals surface area contributed by atoms with Crippen molar-refractivity contribution in [3.8, 4) is 0 Å². The van der Waals surface area contributed by atoms with Gasteiger partial charge in [0.1, 0.15) is 5.82 Å². The zero-order valence-corrected chi connectivity index (χ0v) is 14.2. The molecule has 1 aromatic rings. The first-order valence-corrected chi connectivity index (χ1v) is 8.46. The number of pyridine rings is 1. The lowest BCUT2D eigenvalue weighted by atomic mass is 9.94. The Balaban J connectivity index is 1.99. The average molecular weight is 289 g/mol. The lowest BCUT2D eigenvalue weighted by molar-refractivity contribution is 0.415. The number of hydrogen-bond acceptors (Lipinski definition) is 3. The Bertz CT molecular complexity index is 413. The highest BCUT2D eigenvalue weighted by atomic mass is 15.2. The van der Waals surface area contributed by atoms with E-state index in [0.717, 1.165) is 18.9 Å². The molecule has 0 aliphatic heterocycles. The maximum absolute atomic E-state index is 4.71. The van der Waals surface area contributed by atoms with E-state index >= 15 is 0 Å². The van der Waals surface area contributed by atoms with Crippen LogP contribution in [0, 0.1) is 0 Å². The molecule has 0 aromatic carbocycles. The fourth-order valence-electron chi connectivity index (χ4n) is 3.06. The van der Waals surface area contributed by atoms with Crippen molar-refractivity contribution in [2.45, 2.75) is 77.9 Å². The first-order valence-electron chi connectivity index (χ1n) is 8.46. The number of aromatic nitrogens is 1. The SMILES string of the molecule is CCN(c1ccc(CNC(C)(C)C)cn1)C1CCCCC1. The predicted molar refractivity (Wildman–Crippen MR) is 90.7 cm³/mol. The van der Waals surface area contributed by atoms with Crippen LogP contribution in [0.4, 0.5) is 5.82 Å². The lowest BCUT2D eigenvalue weighted by Gasteiger charge is -2.34. The summed E-state index contributed by atoms with van der Waals surface area (Å²) in [5.41, 5.74) is 1.41. The first-order chi connectivity index (χ1) is 9.99. The molecule has 3 nitrogen and oxygen atoms in total. The molecule has 1 aliphatic carbocycles. The molecular weight excluding hydrogens is 258 g/mol. The van der Waals surface area contributed by atoms with E-state index in [2.05, 4.69) is 50.0 Å². The molecule has 1 aromatic heterocycles. The van der Waals surface area contributed by atoms with Crippen LogP contribution in [-0.4, -0.2) is 23.1 Å². The smallest absolute Gasteiger partial charge is 0.128 e. The van der Waals surface area contributed by atoms with Gasteiger partial charge in [-0.05, 0) is 52.2 Å². The van der Waals surface area contributed by atoms with Gasteiger partial charge in [0.25, 0.3) is 0 Å². The fraction of sp³-hybridized carbons (Fsp3) is 0.722. The molecule has 2 rings (SSSR count). The Labute approximate surface area is 130 Å². The minimum absolute atomic E-state index is 0.149. The molecule has 0 spiro atoms. The molecule has 1 fully saturated rings. The average Bonchev–Trinajstić information content (AvgIpc) is 2.47. The van der Waals surface area contributed by atoms with Crippen LogP contribution in [0.5, 0.6) is 0 Å². The molecular formula is C18H31N3. The van der Waals surface area contributed by atoms with E-state index in [0.29, 0.717) is 6.04 Å². The van der Waals surface area contributed by atoms with Crippen molar-refractivity contribution in [1.82, 2.24) is 10.3 Å². The number of rotatable bonds is 5. The van der Waals surface area contributed by atoms with Gasteiger partial charge >= 0.3 is 0 Å². The molecule has 0 unspecified atom stereocenters. The summed E-state index contributed by atoms with van der Waals surface area (Å²) in [5.74, 6) is 1.14. The zero-order chi connectivity index (χ0) is 15.3. The van der Waals surface area contributed by atoms with E-state index in [1.807, 2.05) is 6.20 Å². The number of anilines is 1. The standard InChI is InChI=1S/C18H31N3/c1-5-21(16-9-7-6-8-10-16)17-12-11-15(13-19-17)14-20-18(2,3)4/h11-13,16,20H,5-10,14H2,1-4H3. The third kappa shape index (κ3) is 4.99. The van der Waals surface area contributed by atoms with Gasteiger partial charge in [0, 0.05) is 30.9 Å². The number of nitrogens with zero attached hydrogens (tertiary/aromatic N) is 2. The molecule has 0 bridgehead atoms. The van der Waals surface area contributed by atoms with E-state index < -0.39 is 0 Å². The fourth-order valence-corrected chi connectivity index (χ4v) is 3.06. The van der Waals surface area contributed by atoms with Gasteiger partial charge in [-0.15, -0.1) is 0 Å². The van der Waals surface area contributed by atoms with Gasteiger partial charge in [0.15, 0.2) is 0 Å². The van der Waals surface area contributed by atoms with Gasteiger partial charge < -0.3 is 10.2 Å². The minimum Gasteiger partial charge on any atom is -0.354 e. The van der Waals surface area contributed by atoms with Crippen LogP contribution in [0.3, 0.4) is 0 Å². The molecule has 1 aliphatic rings. The Morgan fingerprint density at radius 1 is 1.19 bits per heavy atom. The summed E-state index contributed by atoms with van der Waals surface area (Å²) in [7, 11) is 0. The molecule has 3 heteroatoms. The second kappa shape index (κ2) is 7.26. The normalized spacial score (nSPS) is 17.0. The molecule has 118 valence electrons. The predicted octanol–water partition coefficient (Wildman–Crippen LogP) is 4.13. The minimum atomic E-state index is 0.149. The van der Waals surface area contributed by atoms with Crippen molar-refractivity contribution in [2.75, 3.05) is 11.4 Å². The van der Waals surface area contributed by atoms with Crippen LogP contribution in [-0.2, 0) is 6.54 Å². The van der Waals surface area contributed by atoms with Crippen LogP contribution in [0.15, 0.2) is 18.3 Å². The van der Waals surface area contributed by atoms with Gasteiger partial charge in [0.2, 0.25) is 0 Å². The molecule has 1 N–H and O–H groups in total. The van der Waals surface area contributed by atoms with Crippen molar-refractivity contribution in [1.29, 1.82) is 0 Å². The molecule has 0 amide bonds. The van der Waals surface area contributed by atoms with E-state index in [1.54, 1.807) is 0 Å². The van der Waals surface area contributed by atoms with Crippen LogP contribution >= 0.6 is 0 Å². The maximum atomic E-state index is 4.71. The van der Waals surface area contributed by atoms with E-state index in [9.17, 15) is 0 Å². The summed E-state index contributed by atoms with van der Waals surface area (Å²) < 4.78 is 0. The van der Waals surface area contributed by atoms with Gasteiger partial charge in [-0.3, -0.25) is 0 Å². The van der Waals surface area contributed by atoms with Crippen LogP contribution in [0.1, 0.15) is 65.4 Å². The van der Waals surface area contributed by atoms with Crippen molar-refractivity contribution < 1.29 is 0 Å². The number of nitrogens with one attached hydrogen (secondary N) is 1. The van der Waals surface area contributed by atoms with E-state index in [-0.39, 0.29) is 5.54 Å². The highest BCUT2D eigenvalue weighted by Gasteiger charge is 2.20. The Hall–Kier alpha value is -1.09. The highest BCUT2D eigenvalue weighted by molar-refractivity contribution is 5.40. The zero-order valence-electron chi connectivity index (χ0n) is 14.2. The summed E-state index contributed by atoms with van der Waals surface area (Å²) in [4.78, 5) is 7.20. The monoisotopic (exact) mass is 289 g/mol. The van der Waals surface area contributed by atoms with Gasteiger partial charge in [-0.2, -0.15) is 0 Å². The second-order valence-corrected chi connectivity index (χ2v) is 7.21. The second-order valence-electron chi connectivity index (χ2n) is 7.21. The first kappa shape index (κ1) is 16.3. The molecule has 1 saturated carbocycles. The van der Waals surface area contributed by atoms with Crippen LogP contribution in [0.2, 0.25) is 0 Å². The highest BCUT2D eigenvalue weighted by Crippen LogP contribution is 2.26.